The van der Waals surface area contributed by atoms with E-state index in [0.717, 1.165) is 41.2 Å². The molecule has 164 valence electrons. The molecule has 1 aromatic carbocycles. The van der Waals surface area contributed by atoms with Gasteiger partial charge in [0.2, 0.25) is 0 Å². The minimum Gasteiger partial charge on any atom is -0.493 e. The van der Waals surface area contributed by atoms with Gasteiger partial charge in [0.15, 0.2) is 23.2 Å². The lowest BCUT2D eigenvalue weighted by atomic mass is 9.99. The molecule has 30 heavy (non-hydrogen) atoms. The molecule has 0 unspecified atom stereocenters. The van der Waals surface area contributed by atoms with Crippen LogP contribution >= 0.6 is 0 Å². The predicted octanol–water partition coefficient (Wildman–Crippen LogP) is 4.19. The van der Waals surface area contributed by atoms with Crippen LogP contribution in [0.25, 0.3) is 0 Å². The van der Waals surface area contributed by atoms with Crippen molar-refractivity contribution < 1.29 is 14.0 Å². The number of nitrogens with one attached hydrogen (secondary N) is 2. The number of ether oxygens (including phenoxy) is 2. The third kappa shape index (κ3) is 6.02. The van der Waals surface area contributed by atoms with E-state index in [1.165, 1.54) is 0 Å². The number of aromatic nitrogens is 1. The first-order valence-electron chi connectivity index (χ1n) is 10.3. The topological polar surface area (TPSA) is 80.9 Å². The van der Waals surface area contributed by atoms with Crippen molar-refractivity contribution in [1.82, 2.24) is 15.8 Å². The minimum absolute atomic E-state index is 0.440. The summed E-state index contributed by atoms with van der Waals surface area (Å²) in [5.74, 6) is 3.35. The van der Waals surface area contributed by atoms with Crippen molar-refractivity contribution in [3.8, 4) is 11.5 Å². The Hall–Kier alpha value is -2.96. The zero-order valence-electron chi connectivity index (χ0n) is 18.7. The first-order valence-corrected chi connectivity index (χ1v) is 10.3. The number of hydrogen-bond donors (Lipinski definition) is 2. The van der Waals surface area contributed by atoms with Crippen molar-refractivity contribution in [2.75, 3.05) is 21.3 Å². The SMILES string of the molecule is C=CCc1cc(CNC(=NC)NCc2cc(C(CC)CC)no2)cc(OC)c1OC. The number of benzene rings is 1. The summed E-state index contributed by atoms with van der Waals surface area (Å²) in [6.45, 7) is 9.26. The van der Waals surface area contributed by atoms with Crippen molar-refractivity contribution in [3.05, 3.63) is 53.4 Å². The van der Waals surface area contributed by atoms with E-state index >= 15 is 0 Å². The first kappa shape index (κ1) is 23.3. The van der Waals surface area contributed by atoms with Crippen LogP contribution in [0.1, 0.15) is 55.2 Å². The molecule has 0 fully saturated rings. The zero-order chi connectivity index (χ0) is 21.9. The van der Waals surface area contributed by atoms with Crippen LogP contribution in [0.3, 0.4) is 0 Å². The smallest absolute Gasteiger partial charge is 0.191 e. The predicted molar refractivity (Wildman–Crippen MR) is 120 cm³/mol. The van der Waals surface area contributed by atoms with E-state index in [-0.39, 0.29) is 0 Å². The van der Waals surface area contributed by atoms with Crippen molar-refractivity contribution in [2.45, 2.75) is 52.1 Å². The number of methoxy groups -OCH3 is 2. The Kier molecular flexibility index (Phi) is 9.25. The molecule has 0 aliphatic heterocycles. The highest BCUT2D eigenvalue weighted by atomic mass is 16.5. The highest BCUT2D eigenvalue weighted by Crippen LogP contribution is 2.33. The third-order valence-corrected chi connectivity index (χ3v) is 5.07. The maximum atomic E-state index is 5.50. The largest absolute Gasteiger partial charge is 0.493 e. The highest BCUT2D eigenvalue weighted by Gasteiger charge is 2.14. The van der Waals surface area contributed by atoms with Crippen LogP contribution in [0.4, 0.5) is 0 Å². The maximum absolute atomic E-state index is 5.50. The van der Waals surface area contributed by atoms with Crippen molar-refractivity contribution >= 4 is 5.96 Å². The van der Waals surface area contributed by atoms with E-state index in [0.29, 0.717) is 37.1 Å². The Bertz CT molecular complexity index is 841. The molecule has 0 saturated heterocycles. The molecule has 0 aliphatic rings. The van der Waals surface area contributed by atoms with Gasteiger partial charge in [0.25, 0.3) is 0 Å². The molecule has 2 N–H and O–H groups in total. The summed E-state index contributed by atoms with van der Waals surface area (Å²) in [6.07, 6.45) is 4.66. The molecule has 0 saturated carbocycles. The summed E-state index contributed by atoms with van der Waals surface area (Å²) in [6, 6.07) is 6.07. The van der Waals surface area contributed by atoms with E-state index in [9.17, 15) is 0 Å². The fourth-order valence-electron chi connectivity index (χ4n) is 3.40. The van der Waals surface area contributed by atoms with Gasteiger partial charge >= 0.3 is 0 Å². The van der Waals surface area contributed by atoms with Crippen LogP contribution in [0.15, 0.2) is 40.4 Å². The number of guanidine groups is 1. The quantitative estimate of drug-likeness (QED) is 0.326. The van der Waals surface area contributed by atoms with E-state index in [1.54, 1.807) is 21.3 Å². The van der Waals surface area contributed by atoms with Crippen molar-refractivity contribution in [3.63, 3.8) is 0 Å². The van der Waals surface area contributed by atoms with Gasteiger partial charge in [0.1, 0.15) is 0 Å². The lowest BCUT2D eigenvalue weighted by molar-refractivity contribution is 0.352. The van der Waals surface area contributed by atoms with Gasteiger partial charge in [-0.25, -0.2) is 0 Å². The van der Waals surface area contributed by atoms with E-state index in [4.69, 9.17) is 14.0 Å². The van der Waals surface area contributed by atoms with E-state index < -0.39 is 0 Å². The van der Waals surface area contributed by atoms with Crippen molar-refractivity contribution in [1.29, 1.82) is 0 Å². The Morgan fingerprint density at radius 2 is 1.90 bits per heavy atom. The second-order valence-corrected chi connectivity index (χ2v) is 6.99. The monoisotopic (exact) mass is 414 g/mol. The number of nitrogens with zero attached hydrogens (tertiary/aromatic N) is 2. The molecule has 7 nitrogen and oxygen atoms in total. The fourth-order valence-corrected chi connectivity index (χ4v) is 3.40. The van der Waals surface area contributed by atoms with Gasteiger partial charge in [0, 0.05) is 31.1 Å². The van der Waals surface area contributed by atoms with Gasteiger partial charge in [-0.05, 0) is 37.0 Å². The van der Waals surface area contributed by atoms with Crippen LogP contribution in [-0.4, -0.2) is 32.4 Å². The molecule has 0 amide bonds. The van der Waals surface area contributed by atoms with Crippen LogP contribution in [0.2, 0.25) is 0 Å². The molecular weight excluding hydrogens is 380 g/mol. The van der Waals surface area contributed by atoms with Crippen LogP contribution in [0.5, 0.6) is 11.5 Å². The molecule has 7 heteroatoms. The molecule has 1 aromatic heterocycles. The fraction of sp³-hybridized carbons (Fsp3) is 0.478. The summed E-state index contributed by atoms with van der Waals surface area (Å²) < 4.78 is 16.5. The standard InChI is InChI=1S/C23H34N4O3/c1-7-10-18-11-16(12-21(28-5)22(18)29-6)14-25-23(24-4)26-15-19-13-20(27-30-19)17(8-2)9-3/h7,11-13,17H,1,8-10,14-15H2,2-6H3,(H2,24,25,26). The molecular formula is C23H34N4O3. The summed E-state index contributed by atoms with van der Waals surface area (Å²) in [4.78, 5) is 4.29. The normalized spacial score (nSPS) is 11.5. The third-order valence-electron chi connectivity index (χ3n) is 5.07. The number of aliphatic imine (C=N–C) groups is 1. The van der Waals surface area contributed by atoms with Gasteiger partial charge in [-0.2, -0.15) is 0 Å². The summed E-state index contributed by atoms with van der Waals surface area (Å²) in [5.41, 5.74) is 3.10. The van der Waals surface area contributed by atoms with Gasteiger partial charge in [-0.15, -0.1) is 6.58 Å². The first-order chi connectivity index (χ1) is 14.6. The Labute approximate surface area is 179 Å². The molecule has 0 spiro atoms. The summed E-state index contributed by atoms with van der Waals surface area (Å²) in [7, 11) is 5.02. The Morgan fingerprint density at radius 3 is 2.50 bits per heavy atom. The number of rotatable bonds is 11. The molecule has 0 radical (unpaired) electrons. The number of hydrogen-bond acceptors (Lipinski definition) is 5. The molecule has 2 rings (SSSR count). The molecule has 2 aromatic rings. The molecule has 0 bridgehead atoms. The minimum atomic E-state index is 0.440. The highest BCUT2D eigenvalue weighted by molar-refractivity contribution is 5.79. The van der Waals surface area contributed by atoms with Gasteiger partial charge in [-0.3, -0.25) is 4.99 Å². The van der Waals surface area contributed by atoms with Gasteiger partial charge in [-0.1, -0.05) is 25.1 Å². The van der Waals surface area contributed by atoms with Crippen LogP contribution < -0.4 is 20.1 Å². The lowest BCUT2D eigenvalue weighted by Gasteiger charge is -2.16. The molecule has 1 heterocycles. The van der Waals surface area contributed by atoms with E-state index in [1.807, 2.05) is 18.2 Å². The van der Waals surface area contributed by atoms with Gasteiger partial charge in [0.05, 0.1) is 26.5 Å². The Morgan fingerprint density at radius 1 is 1.17 bits per heavy atom. The van der Waals surface area contributed by atoms with Crippen LogP contribution in [0, 0.1) is 0 Å². The Balaban J connectivity index is 2.00. The average Bonchev–Trinajstić information content (AvgIpc) is 3.23. The van der Waals surface area contributed by atoms with E-state index in [2.05, 4.69) is 47.3 Å². The number of allylic oxidation sites excluding steroid dienone is 1. The zero-order valence-corrected chi connectivity index (χ0v) is 18.7. The second-order valence-electron chi connectivity index (χ2n) is 6.99. The lowest BCUT2D eigenvalue weighted by Crippen LogP contribution is -2.36. The summed E-state index contributed by atoms with van der Waals surface area (Å²) in [5, 5.41) is 10.8. The van der Waals surface area contributed by atoms with Crippen molar-refractivity contribution in [2.24, 2.45) is 4.99 Å². The second kappa shape index (κ2) is 11.9. The summed E-state index contributed by atoms with van der Waals surface area (Å²) >= 11 is 0. The average molecular weight is 415 g/mol. The molecule has 0 atom stereocenters. The van der Waals surface area contributed by atoms with Gasteiger partial charge < -0.3 is 24.6 Å². The maximum Gasteiger partial charge on any atom is 0.191 e. The molecule has 0 aliphatic carbocycles. The van der Waals surface area contributed by atoms with Crippen LogP contribution in [-0.2, 0) is 19.5 Å².